The van der Waals surface area contributed by atoms with Crippen molar-refractivity contribution in [2.45, 2.75) is 53.9 Å². The van der Waals surface area contributed by atoms with Crippen LogP contribution in [0.25, 0.3) is 33.1 Å². The van der Waals surface area contributed by atoms with E-state index in [2.05, 4.69) is 43.0 Å². The van der Waals surface area contributed by atoms with Gasteiger partial charge in [0.15, 0.2) is 0 Å². The molecule has 0 bridgehead atoms. The highest BCUT2D eigenvalue weighted by Gasteiger charge is 2.22. The van der Waals surface area contributed by atoms with E-state index in [0.717, 1.165) is 78.9 Å². The van der Waals surface area contributed by atoms with Crippen molar-refractivity contribution >= 4 is 33.3 Å². The van der Waals surface area contributed by atoms with Gasteiger partial charge >= 0.3 is 0 Å². The van der Waals surface area contributed by atoms with Gasteiger partial charge in [0.1, 0.15) is 23.0 Å². The summed E-state index contributed by atoms with van der Waals surface area (Å²) in [5, 5.41) is 7.27. The number of aryl methyl sites for hydroxylation is 4. The van der Waals surface area contributed by atoms with E-state index in [1.165, 1.54) is 4.88 Å². The molecule has 0 aliphatic rings. The monoisotopic (exact) mass is 461 g/mol. The first-order chi connectivity index (χ1) is 15.8. The molecule has 0 aliphatic heterocycles. The van der Waals surface area contributed by atoms with Gasteiger partial charge in [0.2, 0.25) is 0 Å². The van der Waals surface area contributed by atoms with E-state index in [9.17, 15) is 0 Å². The second-order valence-corrected chi connectivity index (χ2v) is 10.0. The SMILES string of the molecule is COc1cc2c(cc1-c1c(C)noc1C)[nH]c1nc(C)nc(Cc3sc(C)nc3C(C)C)c12. The van der Waals surface area contributed by atoms with Crippen LogP contribution in [0, 0.1) is 27.7 Å². The molecule has 1 aromatic carbocycles. The molecule has 1 N–H and O–H groups in total. The first-order valence-corrected chi connectivity index (χ1v) is 11.8. The first-order valence-electron chi connectivity index (χ1n) is 11.0. The normalized spacial score (nSPS) is 11.9. The molecule has 0 spiro atoms. The van der Waals surface area contributed by atoms with Gasteiger partial charge in [0, 0.05) is 33.2 Å². The van der Waals surface area contributed by atoms with Gasteiger partial charge in [-0.15, -0.1) is 11.3 Å². The molecule has 4 heterocycles. The lowest BCUT2D eigenvalue weighted by Gasteiger charge is -2.10. The zero-order valence-corrected chi connectivity index (χ0v) is 20.8. The summed E-state index contributed by atoms with van der Waals surface area (Å²) in [7, 11) is 1.69. The molecule has 5 rings (SSSR count). The van der Waals surface area contributed by atoms with Gasteiger partial charge in [0.25, 0.3) is 0 Å². The van der Waals surface area contributed by atoms with Crippen LogP contribution < -0.4 is 4.74 Å². The lowest BCUT2D eigenvalue weighted by atomic mass is 10.00. The van der Waals surface area contributed by atoms with Crippen molar-refractivity contribution in [2.24, 2.45) is 0 Å². The minimum atomic E-state index is 0.365. The molecule has 0 aliphatic carbocycles. The molecule has 8 heteroatoms. The molecule has 0 fully saturated rings. The number of rotatable bonds is 5. The molecule has 170 valence electrons. The quantitative estimate of drug-likeness (QED) is 0.336. The highest BCUT2D eigenvalue weighted by molar-refractivity contribution is 7.11. The van der Waals surface area contributed by atoms with Crippen LogP contribution in [0.5, 0.6) is 5.75 Å². The molecule has 0 radical (unpaired) electrons. The van der Waals surface area contributed by atoms with Gasteiger partial charge in [-0.1, -0.05) is 19.0 Å². The molecular formula is C25H27N5O2S. The minimum Gasteiger partial charge on any atom is -0.496 e. The second kappa shape index (κ2) is 7.95. The van der Waals surface area contributed by atoms with Gasteiger partial charge < -0.3 is 14.2 Å². The van der Waals surface area contributed by atoms with Crippen molar-refractivity contribution in [3.05, 3.63) is 50.7 Å². The Morgan fingerprint density at radius 3 is 2.55 bits per heavy atom. The van der Waals surface area contributed by atoms with Gasteiger partial charge in [-0.3, -0.25) is 0 Å². The van der Waals surface area contributed by atoms with Crippen LogP contribution in [0.3, 0.4) is 0 Å². The number of hydrogen-bond acceptors (Lipinski definition) is 7. The fourth-order valence-electron chi connectivity index (χ4n) is 4.60. The lowest BCUT2D eigenvalue weighted by molar-refractivity contribution is 0.393. The number of methoxy groups -OCH3 is 1. The standard InChI is InChI=1S/C25H27N5O2S/c1-11(2)24-21(33-15(6)28-24)10-19-23-16-9-20(31-7)17(22-12(3)30-32-13(22)4)8-18(16)29-25(23)27-14(5)26-19/h8-9,11H,10H2,1-7H3,(H,26,27,29). The summed E-state index contributed by atoms with van der Waals surface area (Å²) in [6.07, 6.45) is 0.722. The van der Waals surface area contributed by atoms with Crippen LogP contribution in [0.1, 0.15) is 58.3 Å². The number of thiazole rings is 1. The van der Waals surface area contributed by atoms with Crippen molar-refractivity contribution < 1.29 is 9.26 Å². The number of hydrogen-bond donors (Lipinski definition) is 1. The van der Waals surface area contributed by atoms with Crippen LogP contribution in [0.2, 0.25) is 0 Å². The van der Waals surface area contributed by atoms with E-state index in [1.807, 2.05) is 20.8 Å². The molecule has 7 nitrogen and oxygen atoms in total. The maximum atomic E-state index is 5.81. The number of nitrogens with zero attached hydrogens (tertiary/aromatic N) is 4. The van der Waals surface area contributed by atoms with Crippen molar-refractivity contribution in [3.63, 3.8) is 0 Å². The molecule has 0 amide bonds. The summed E-state index contributed by atoms with van der Waals surface area (Å²) in [5.41, 5.74) is 6.70. The van der Waals surface area contributed by atoms with Gasteiger partial charge in [0.05, 0.1) is 34.8 Å². The highest BCUT2D eigenvalue weighted by Crippen LogP contribution is 2.40. The Balaban J connectivity index is 1.75. The number of aromatic amines is 1. The Hall–Kier alpha value is -3.26. The molecule has 4 aromatic heterocycles. The molecule has 0 saturated heterocycles. The molecule has 5 aromatic rings. The Morgan fingerprint density at radius 2 is 1.88 bits per heavy atom. The molecule has 0 unspecified atom stereocenters. The Kier molecular flexibility index (Phi) is 5.20. The van der Waals surface area contributed by atoms with Crippen LogP contribution in [-0.2, 0) is 6.42 Å². The summed E-state index contributed by atoms with van der Waals surface area (Å²) >= 11 is 1.75. The number of fused-ring (bicyclic) bond motifs is 3. The third-order valence-corrected chi connectivity index (χ3v) is 6.96. The maximum absolute atomic E-state index is 5.81. The summed E-state index contributed by atoms with van der Waals surface area (Å²) in [5.74, 6) is 2.64. The van der Waals surface area contributed by atoms with E-state index >= 15 is 0 Å². The van der Waals surface area contributed by atoms with Crippen LogP contribution in [0.15, 0.2) is 16.7 Å². The third-order valence-electron chi connectivity index (χ3n) is 5.97. The lowest BCUT2D eigenvalue weighted by Crippen LogP contribution is -2.00. The van der Waals surface area contributed by atoms with E-state index in [-0.39, 0.29) is 0 Å². The largest absolute Gasteiger partial charge is 0.496 e. The Morgan fingerprint density at radius 1 is 1.09 bits per heavy atom. The van der Waals surface area contributed by atoms with Gasteiger partial charge in [-0.25, -0.2) is 15.0 Å². The fourth-order valence-corrected chi connectivity index (χ4v) is 5.69. The summed E-state index contributed by atoms with van der Waals surface area (Å²) in [6, 6.07) is 4.16. The number of ether oxygens (including phenoxy) is 1. The predicted octanol–water partition coefficient (Wildman–Crippen LogP) is 6.18. The first kappa shape index (κ1) is 21.6. The molecular weight excluding hydrogens is 434 g/mol. The molecule has 0 atom stereocenters. The maximum Gasteiger partial charge on any atom is 0.142 e. The summed E-state index contributed by atoms with van der Waals surface area (Å²) < 4.78 is 11.2. The summed E-state index contributed by atoms with van der Waals surface area (Å²) in [4.78, 5) is 19.1. The topological polar surface area (TPSA) is 89.7 Å². The van der Waals surface area contributed by atoms with Gasteiger partial charge in [-0.2, -0.15) is 0 Å². The van der Waals surface area contributed by atoms with E-state index in [4.69, 9.17) is 24.2 Å². The van der Waals surface area contributed by atoms with Gasteiger partial charge in [-0.05, 0) is 45.7 Å². The highest BCUT2D eigenvalue weighted by atomic mass is 32.1. The van der Waals surface area contributed by atoms with Crippen molar-refractivity contribution in [1.29, 1.82) is 0 Å². The van der Waals surface area contributed by atoms with Crippen molar-refractivity contribution in [3.8, 4) is 16.9 Å². The van der Waals surface area contributed by atoms with Crippen LogP contribution >= 0.6 is 11.3 Å². The number of nitrogens with one attached hydrogen (secondary N) is 1. The van der Waals surface area contributed by atoms with Crippen molar-refractivity contribution in [2.75, 3.05) is 7.11 Å². The number of aromatic nitrogens is 5. The van der Waals surface area contributed by atoms with Crippen LogP contribution in [0.4, 0.5) is 0 Å². The fraction of sp³-hybridized carbons (Fsp3) is 0.360. The average molecular weight is 462 g/mol. The molecule has 0 saturated carbocycles. The Labute approximate surface area is 196 Å². The van der Waals surface area contributed by atoms with E-state index in [1.54, 1.807) is 18.4 Å². The van der Waals surface area contributed by atoms with Crippen molar-refractivity contribution in [1.82, 2.24) is 25.1 Å². The third kappa shape index (κ3) is 3.58. The number of H-pyrrole nitrogens is 1. The van der Waals surface area contributed by atoms with E-state index in [0.29, 0.717) is 5.92 Å². The minimum absolute atomic E-state index is 0.365. The number of benzene rings is 1. The second-order valence-electron chi connectivity index (χ2n) is 8.74. The Bertz CT molecular complexity index is 1490. The molecule has 33 heavy (non-hydrogen) atoms. The van der Waals surface area contributed by atoms with E-state index < -0.39 is 0 Å². The van der Waals surface area contributed by atoms with Crippen LogP contribution in [-0.4, -0.2) is 32.2 Å². The predicted molar refractivity (Wildman–Crippen MR) is 131 cm³/mol. The average Bonchev–Trinajstić information content (AvgIpc) is 3.40. The smallest absolute Gasteiger partial charge is 0.142 e. The zero-order valence-electron chi connectivity index (χ0n) is 20.0. The summed E-state index contributed by atoms with van der Waals surface area (Å²) in [6.45, 7) is 12.2. The zero-order chi connectivity index (χ0) is 23.4.